The molecule has 1 aliphatic rings. The molecule has 0 saturated carbocycles. The Hall–Kier alpha value is -2.83. The number of amides is 2. The van der Waals surface area contributed by atoms with Gasteiger partial charge in [0.2, 0.25) is 6.79 Å². The summed E-state index contributed by atoms with van der Waals surface area (Å²) in [5.74, 6) is -0.283. The minimum atomic E-state index is -0.725. The maximum atomic E-state index is 13.4. The Balaban J connectivity index is 1.70. The van der Waals surface area contributed by atoms with Crippen LogP contribution >= 0.6 is 0 Å². The van der Waals surface area contributed by atoms with Crippen molar-refractivity contribution in [2.75, 3.05) is 17.4 Å². The molecule has 0 bridgehead atoms. The Labute approximate surface area is 118 Å². The highest BCUT2D eigenvalue weighted by Gasteiger charge is 2.14. The molecule has 0 radical (unpaired) electrons. The fourth-order valence-corrected chi connectivity index (χ4v) is 1.85. The summed E-state index contributed by atoms with van der Waals surface area (Å²) < 4.78 is 36.7. The van der Waals surface area contributed by atoms with Gasteiger partial charge in [0.25, 0.3) is 0 Å². The van der Waals surface area contributed by atoms with Crippen molar-refractivity contribution < 1.29 is 23.0 Å². The van der Waals surface area contributed by atoms with Crippen LogP contribution in [-0.4, -0.2) is 12.8 Å². The maximum Gasteiger partial charge on any atom is 0.323 e. The van der Waals surface area contributed by atoms with Crippen molar-refractivity contribution in [2.45, 2.75) is 0 Å². The van der Waals surface area contributed by atoms with Crippen LogP contribution < -0.4 is 20.1 Å². The van der Waals surface area contributed by atoms with Gasteiger partial charge in [-0.25, -0.2) is 13.6 Å². The van der Waals surface area contributed by atoms with Crippen LogP contribution in [0.1, 0.15) is 0 Å². The van der Waals surface area contributed by atoms with Gasteiger partial charge in [0.05, 0.1) is 5.69 Å². The summed E-state index contributed by atoms with van der Waals surface area (Å²) in [5, 5.41) is 4.72. The smallest absolute Gasteiger partial charge is 0.323 e. The van der Waals surface area contributed by atoms with E-state index in [1.807, 2.05) is 0 Å². The van der Waals surface area contributed by atoms with Gasteiger partial charge in [-0.2, -0.15) is 0 Å². The van der Waals surface area contributed by atoms with Gasteiger partial charge in [-0.05, 0) is 24.3 Å². The summed E-state index contributed by atoms with van der Waals surface area (Å²) in [5.41, 5.74) is 0.196. The second-order valence-corrected chi connectivity index (χ2v) is 4.27. The first-order valence-corrected chi connectivity index (χ1v) is 6.04. The van der Waals surface area contributed by atoms with Crippen molar-refractivity contribution in [3.8, 4) is 11.5 Å². The monoisotopic (exact) mass is 292 g/mol. The third-order valence-corrected chi connectivity index (χ3v) is 2.81. The fraction of sp³-hybridized carbons (Fsp3) is 0.0714. The molecule has 7 heteroatoms. The highest BCUT2D eigenvalue weighted by Crippen LogP contribution is 2.34. The van der Waals surface area contributed by atoms with E-state index in [1.165, 1.54) is 0 Å². The van der Waals surface area contributed by atoms with Crippen LogP contribution in [0.2, 0.25) is 0 Å². The quantitative estimate of drug-likeness (QED) is 0.892. The first-order valence-electron chi connectivity index (χ1n) is 6.04. The van der Waals surface area contributed by atoms with Crippen molar-refractivity contribution in [1.29, 1.82) is 0 Å². The van der Waals surface area contributed by atoms with Gasteiger partial charge >= 0.3 is 6.03 Å². The van der Waals surface area contributed by atoms with Gasteiger partial charge in [0.15, 0.2) is 11.5 Å². The average molecular weight is 292 g/mol. The van der Waals surface area contributed by atoms with Crippen LogP contribution in [0.5, 0.6) is 11.5 Å². The number of halogens is 2. The molecule has 2 amide bonds. The minimum Gasteiger partial charge on any atom is -0.454 e. The van der Waals surface area contributed by atoms with E-state index in [-0.39, 0.29) is 12.5 Å². The number of benzene rings is 2. The molecule has 108 valence electrons. The highest BCUT2D eigenvalue weighted by molar-refractivity contribution is 6.00. The van der Waals surface area contributed by atoms with E-state index in [9.17, 15) is 13.6 Å². The van der Waals surface area contributed by atoms with Crippen LogP contribution in [0.4, 0.5) is 25.0 Å². The summed E-state index contributed by atoms with van der Waals surface area (Å²) >= 11 is 0. The molecule has 2 N–H and O–H groups in total. The lowest BCUT2D eigenvalue weighted by atomic mass is 10.3. The second kappa shape index (κ2) is 5.28. The molecule has 1 heterocycles. The number of nitrogens with one attached hydrogen (secondary N) is 2. The predicted octanol–water partition coefficient (Wildman–Crippen LogP) is 3.34. The SMILES string of the molecule is O=C(Nc1ccc2c(c1)OCO2)Nc1cc(F)ccc1F. The Bertz CT molecular complexity index is 707. The Kier molecular flexibility index (Phi) is 3.31. The molecule has 0 unspecified atom stereocenters. The summed E-state index contributed by atoms with van der Waals surface area (Å²) in [4.78, 5) is 11.8. The number of carbonyl (C=O) groups excluding carboxylic acids is 1. The summed E-state index contributed by atoms with van der Waals surface area (Å²) in [6.45, 7) is 0.124. The molecule has 0 aromatic heterocycles. The Morgan fingerprint density at radius 3 is 2.67 bits per heavy atom. The first-order chi connectivity index (χ1) is 10.1. The number of ether oxygens (including phenoxy) is 2. The van der Waals surface area contributed by atoms with Crippen molar-refractivity contribution in [3.63, 3.8) is 0 Å². The molecule has 0 saturated heterocycles. The van der Waals surface area contributed by atoms with Gasteiger partial charge < -0.3 is 20.1 Å². The average Bonchev–Trinajstić information content (AvgIpc) is 2.90. The first kappa shape index (κ1) is 13.2. The Morgan fingerprint density at radius 2 is 1.81 bits per heavy atom. The van der Waals surface area contributed by atoms with E-state index < -0.39 is 17.7 Å². The number of hydrogen-bond donors (Lipinski definition) is 2. The van der Waals surface area contributed by atoms with Crippen LogP contribution in [-0.2, 0) is 0 Å². The van der Waals surface area contributed by atoms with E-state index in [1.54, 1.807) is 18.2 Å². The molecule has 0 atom stereocenters. The minimum absolute atomic E-state index is 0.124. The lowest BCUT2D eigenvalue weighted by Crippen LogP contribution is -2.20. The summed E-state index contributed by atoms with van der Waals surface area (Å²) in [7, 11) is 0. The summed E-state index contributed by atoms with van der Waals surface area (Å²) in [6.07, 6.45) is 0. The standard InChI is InChI=1S/C14H10F2N2O3/c15-8-1-3-10(16)11(5-8)18-14(19)17-9-2-4-12-13(6-9)21-7-20-12/h1-6H,7H2,(H2,17,18,19). The zero-order chi connectivity index (χ0) is 14.8. The zero-order valence-corrected chi connectivity index (χ0v) is 10.7. The number of fused-ring (bicyclic) bond motifs is 1. The molecule has 3 rings (SSSR count). The number of urea groups is 1. The number of carbonyl (C=O) groups is 1. The normalized spacial score (nSPS) is 12.1. The van der Waals surface area contributed by atoms with Crippen LogP contribution in [0.25, 0.3) is 0 Å². The molecular weight excluding hydrogens is 282 g/mol. The number of anilines is 2. The molecule has 2 aromatic rings. The van der Waals surface area contributed by atoms with Crippen molar-refractivity contribution in [2.24, 2.45) is 0 Å². The number of rotatable bonds is 2. The van der Waals surface area contributed by atoms with Gasteiger partial charge in [-0.1, -0.05) is 0 Å². The topological polar surface area (TPSA) is 59.6 Å². The van der Waals surface area contributed by atoms with Crippen molar-refractivity contribution in [1.82, 2.24) is 0 Å². The van der Waals surface area contributed by atoms with Crippen LogP contribution in [0, 0.1) is 11.6 Å². The van der Waals surface area contributed by atoms with Gasteiger partial charge in [0, 0.05) is 17.8 Å². The highest BCUT2D eigenvalue weighted by atomic mass is 19.1. The van der Waals surface area contributed by atoms with E-state index in [0.29, 0.717) is 17.2 Å². The molecule has 0 aliphatic carbocycles. The predicted molar refractivity (Wildman–Crippen MR) is 71.6 cm³/mol. The second-order valence-electron chi connectivity index (χ2n) is 4.27. The van der Waals surface area contributed by atoms with E-state index >= 15 is 0 Å². The van der Waals surface area contributed by atoms with Crippen molar-refractivity contribution in [3.05, 3.63) is 48.0 Å². The lowest BCUT2D eigenvalue weighted by molar-refractivity contribution is 0.174. The fourth-order valence-electron chi connectivity index (χ4n) is 1.85. The summed E-state index contributed by atoms with van der Waals surface area (Å²) in [6, 6.07) is 6.92. The lowest BCUT2D eigenvalue weighted by Gasteiger charge is -2.09. The Morgan fingerprint density at radius 1 is 1.00 bits per heavy atom. The maximum absolute atomic E-state index is 13.4. The van der Waals surface area contributed by atoms with Crippen molar-refractivity contribution >= 4 is 17.4 Å². The van der Waals surface area contributed by atoms with E-state index in [0.717, 1.165) is 18.2 Å². The third-order valence-electron chi connectivity index (χ3n) is 2.81. The van der Waals surface area contributed by atoms with Gasteiger partial charge in [0.1, 0.15) is 11.6 Å². The molecule has 5 nitrogen and oxygen atoms in total. The van der Waals surface area contributed by atoms with Gasteiger partial charge in [-0.3, -0.25) is 0 Å². The molecular formula is C14H10F2N2O3. The molecule has 0 fully saturated rings. The molecule has 2 aromatic carbocycles. The number of hydrogen-bond acceptors (Lipinski definition) is 3. The van der Waals surface area contributed by atoms with E-state index in [2.05, 4.69) is 10.6 Å². The molecule has 0 spiro atoms. The van der Waals surface area contributed by atoms with Crippen LogP contribution in [0.3, 0.4) is 0 Å². The van der Waals surface area contributed by atoms with Gasteiger partial charge in [-0.15, -0.1) is 0 Å². The molecule has 1 aliphatic heterocycles. The third kappa shape index (κ3) is 2.86. The zero-order valence-electron chi connectivity index (χ0n) is 10.7. The van der Waals surface area contributed by atoms with Crippen LogP contribution in [0.15, 0.2) is 36.4 Å². The van der Waals surface area contributed by atoms with E-state index in [4.69, 9.17) is 9.47 Å². The molecule has 21 heavy (non-hydrogen) atoms. The largest absolute Gasteiger partial charge is 0.454 e.